The van der Waals surface area contributed by atoms with Gasteiger partial charge < -0.3 is 15.0 Å². The fourth-order valence-electron chi connectivity index (χ4n) is 2.48. The number of hydrogen-bond donors (Lipinski definition) is 1. The number of nitrogens with zero attached hydrogens (tertiary/aromatic N) is 2. The van der Waals surface area contributed by atoms with Gasteiger partial charge in [0.1, 0.15) is 5.75 Å². The minimum atomic E-state index is -0.119. The number of benzene rings is 1. The van der Waals surface area contributed by atoms with Crippen LogP contribution in [-0.4, -0.2) is 47.0 Å². The molecule has 2 amide bonds. The fraction of sp³-hybridized carbons (Fsp3) is 0.353. The third kappa shape index (κ3) is 4.96. The van der Waals surface area contributed by atoms with Crippen LogP contribution in [0.1, 0.15) is 16.9 Å². The van der Waals surface area contributed by atoms with Gasteiger partial charge in [-0.1, -0.05) is 23.9 Å². The lowest BCUT2D eigenvalue weighted by atomic mass is 10.1. The van der Waals surface area contributed by atoms with Gasteiger partial charge >= 0.3 is 0 Å². The number of carbonyl (C=O) groups is 2. The van der Waals surface area contributed by atoms with E-state index in [2.05, 4.69) is 10.3 Å². The molecule has 1 aromatic heterocycles. The Labute approximate surface area is 154 Å². The first-order valence-electron chi connectivity index (χ1n) is 7.93. The molecule has 8 heteroatoms. The van der Waals surface area contributed by atoms with E-state index in [-0.39, 0.29) is 17.6 Å². The van der Waals surface area contributed by atoms with E-state index in [0.717, 1.165) is 34.9 Å². The van der Waals surface area contributed by atoms with Gasteiger partial charge in [-0.25, -0.2) is 4.98 Å². The zero-order chi connectivity index (χ0) is 17.6. The molecule has 1 aromatic carbocycles. The quantitative estimate of drug-likeness (QED) is 0.802. The maximum Gasteiger partial charge on any atom is 0.281 e. The summed E-state index contributed by atoms with van der Waals surface area (Å²) in [6.45, 7) is 1.18. The van der Waals surface area contributed by atoms with Crippen LogP contribution in [0.15, 0.2) is 30.5 Å². The van der Waals surface area contributed by atoms with Gasteiger partial charge in [0.15, 0.2) is 5.13 Å². The summed E-state index contributed by atoms with van der Waals surface area (Å²) < 4.78 is 5.23. The van der Waals surface area contributed by atoms with Crippen LogP contribution in [0.3, 0.4) is 0 Å². The van der Waals surface area contributed by atoms with E-state index < -0.39 is 0 Å². The van der Waals surface area contributed by atoms with Crippen molar-refractivity contribution in [1.29, 1.82) is 0 Å². The Morgan fingerprint density at radius 2 is 2.32 bits per heavy atom. The number of nitrogens with one attached hydrogen (secondary N) is 1. The molecule has 2 aromatic rings. The molecule has 0 spiro atoms. The van der Waals surface area contributed by atoms with E-state index in [0.29, 0.717) is 11.7 Å². The van der Waals surface area contributed by atoms with Crippen molar-refractivity contribution in [3.63, 3.8) is 0 Å². The van der Waals surface area contributed by atoms with E-state index in [4.69, 9.17) is 4.74 Å². The van der Waals surface area contributed by atoms with E-state index in [1.807, 2.05) is 24.3 Å². The maximum absolute atomic E-state index is 12.0. The van der Waals surface area contributed by atoms with Crippen molar-refractivity contribution >= 4 is 39.4 Å². The highest BCUT2D eigenvalue weighted by molar-refractivity contribution is 8.13. The molecule has 1 fully saturated rings. The topological polar surface area (TPSA) is 71.5 Å². The molecule has 0 saturated carbocycles. The lowest BCUT2D eigenvalue weighted by molar-refractivity contribution is -0.116. The Balaban J connectivity index is 1.50. The average Bonchev–Trinajstić information content (AvgIpc) is 3.22. The molecule has 0 radical (unpaired) electrons. The summed E-state index contributed by atoms with van der Waals surface area (Å²) >= 11 is 2.76. The fourth-order valence-corrected chi connectivity index (χ4v) is 4.19. The summed E-state index contributed by atoms with van der Waals surface area (Å²) in [6.07, 6.45) is 2.81. The molecule has 3 rings (SSSR count). The number of anilines is 1. The van der Waals surface area contributed by atoms with Crippen molar-refractivity contribution in [3.8, 4) is 5.75 Å². The Morgan fingerprint density at radius 3 is 3.08 bits per heavy atom. The van der Waals surface area contributed by atoms with Crippen LogP contribution < -0.4 is 10.1 Å². The van der Waals surface area contributed by atoms with Gasteiger partial charge in [0.25, 0.3) is 5.24 Å². The Hall–Kier alpha value is -2.06. The summed E-state index contributed by atoms with van der Waals surface area (Å²) in [5.74, 6) is 1.51. The van der Waals surface area contributed by atoms with Crippen molar-refractivity contribution in [2.75, 3.05) is 31.3 Å². The molecule has 1 aliphatic heterocycles. The molecule has 2 heterocycles. The molecule has 25 heavy (non-hydrogen) atoms. The maximum atomic E-state index is 12.0. The third-order valence-electron chi connectivity index (χ3n) is 3.77. The number of amides is 2. The van der Waals surface area contributed by atoms with E-state index >= 15 is 0 Å². The highest BCUT2D eigenvalue weighted by Crippen LogP contribution is 2.23. The number of hydrogen-bond acceptors (Lipinski definition) is 6. The van der Waals surface area contributed by atoms with E-state index in [1.165, 1.54) is 23.1 Å². The first kappa shape index (κ1) is 17.8. The molecule has 6 nitrogen and oxygen atoms in total. The van der Waals surface area contributed by atoms with Crippen LogP contribution in [0, 0.1) is 0 Å². The summed E-state index contributed by atoms with van der Waals surface area (Å²) in [6, 6.07) is 7.88. The van der Waals surface area contributed by atoms with Crippen molar-refractivity contribution in [1.82, 2.24) is 9.88 Å². The van der Waals surface area contributed by atoms with Crippen LogP contribution in [0.4, 0.5) is 9.93 Å². The summed E-state index contributed by atoms with van der Waals surface area (Å²) in [7, 11) is 1.65. The number of carbonyl (C=O) groups excluding carboxylic acids is 2. The average molecular weight is 377 g/mol. The zero-order valence-corrected chi connectivity index (χ0v) is 15.5. The van der Waals surface area contributed by atoms with Gasteiger partial charge in [0, 0.05) is 42.8 Å². The highest BCUT2D eigenvalue weighted by Gasteiger charge is 2.21. The number of aromatic nitrogens is 1. The van der Waals surface area contributed by atoms with Crippen LogP contribution in [0.25, 0.3) is 0 Å². The van der Waals surface area contributed by atoms with Crippen molar-refractivity contribution in [2.24, 2.45) is 0 Å². The minimum absolute atomic E-state index is 0.0580. The molecule has 0 unspecified atom stereocenters. The number of ether oxygens (including phenoxy) is 1. The molecule has 1 saturated heterocycles. The molecule has 0 atom stereocenters. The molecule has 0 aliphatic carbocycles. The van der Waals surface area contributed by atoms with Crippen LogP contribution >= 0.6 is 23.1 Å². The predicted molar refractivity (Wildman–Crippen MR) is 101 cm³/mol. The second-order valence-electron chi connectivity index (χ2n) is 5.56. The van der Waals surface area contributed by atoms with E-state index in [1.54, 1.807) is 18.2 Å². The SMILES string of the molecule is COc1cccc(Cc2cnc(NC(=O)CCN3CCSC3=O)s2)c1. The first-order valence-corrected chi connectivity index (χ1v) is 9.73. The van der Waals surface area contributed by atoms with Crippen molar-refractivity contribution < 1.29 is 14.3 Å². The molecular weight excluding hydrogens is 358 g/mol. The third-order valence-corrected chi connectivity index (χ3v) is 5.57. The molecule has 1 N–H and O–H groups in total. The molecule has 1 aliphatic rings. The highest BCUT2D eigenvalue weighted by atomic mass is 32.2. The van der Waals surface area contributed by atoms with Crippen molar-refractivity contribution in [3.05, 3.63) is 40.9 Å². The lowest BCUT2D eigenvalue weighted by Gasteiger charge is -2.13. The molecule has 0 bridgehead atoms. The first-order chi connectivity index (χ1) is 12.1. The number of rotatable bonds is 7. The van der Waals surface area contributed by atoms with Crippen molar-refractivity contribution in [2.45, 2.75) is 12.8 Å². The monoisotopic (exact) mass is 377 g/mol. The van der Waals surface area contributed by atoms with Gasteiger partial charge in [-0.05, 0) is 17.7 Å². The Morgan fingerprint density at radius 1 is 1.44 bits per heavy atom. The second kappa shape index (κ2) is 8.35. The second-order valence-corrected chi connectivity index (χ2v) is 7.72. The lowest BCUT2D eigenvalue weighted by Crippen LogP contribution is -2.27. The van der Waals surface area contributed by atoms with E-state index in [9.17, 15) is 9.59 Å². The summed E-state index contributed by atoms with van der Waals surface area (Å²) in [5.41, 5.74) is 1.13. The standard InChI is InChI=1S/C17H19N3O3S2/c1-23-13-4-2-3-12(9-13)10-14-11-18-16(25-14)19-15(21)5-6-20-7-8-24-17(20)22/h2-4,9,11H,5-8,10H2,1H3,(H,18,19,21). The molecule has 132 valence electrons. The Bertz CT molecular complexity index is 763. The smallest absolute Gasteiger partial charge is 0.281 e. The minimum Gasteiger partial charge on any atom is -0.497 e. The van der Waals surface area contributed by atoms with Gasteiger partial charge in [0.2, 0.25) is 5.91 Å². The normalized spacial score (nSPS) is 14.0. The van der Waals surface area contributed by atoms with Crippen LogP contribution in [-0.2, 0) is 11.2 Å². The van der Waals surface area contributed by atoms with Gasteiger partial charge in [-0.3, -0.25) is 9.59 Å². The zero-order valence-electron chi connectivity index (χ0n) is 13.9. The van der Waals surface area contributed by atoms with Crippen LogP contribution in [0.2, 0.25) is 0 Å². The number of thiazole rings is 1. The molecular formula is C17H19N3O3S2. The number of thioether (sulfide) groups is 1. The van der Waals surface area contributed by atoms with Gasteiger partial charge in [0.05, 0.1) is 7.11 Å². The van der Waals surface area contributed by atoms with Crippen LogP contribution in [0.5, 0.6) is 5.75 Å². The van der Waals surface area contributed by atoms with Gasteiger partial charge in [-0.15, -0.1) is 11.3 Å². The largest absolute Gasteiger partial charge is 0.497 e. The summed E-state index contributed by atoms with van der Waals surface area (Å²) in [4.78, 5) is 30.6. The summed E-state index contributed by atoms with van der Waals surface area (Å²) in [5, 5.41) is 3.45. The van der Waals surface area contributed by atoms with Gasteiger partial charge in [-0.2, -0.15) is 0 Å². The Kier molecular flexibility index (Phi) is 5.93. The number of methoxy groups -OCH3 is 1. The predicted octanol–water partition coefficient (Wildman–Crippen LogP) is 3.24.